The number of carbonyl (C=O) groups is 3. The lowest BCUT2D eigenvalue weighted by Gasteiger charge is -2.32. The van der Waals surface area contributed by atoms with E-state index in [0.717, 1.165) is 41.8 Å². The third-order valence-corrected chi connectivity index (χ3v) is 5.72. The van der Waals surface area contributed by atoms with Crippen molar-refractivity contribution in [3.05, 3.63) is 59.7 Å². The molecule has 2 aromatic rings. The molecule has 0 saturated carbocycles. The number of benzene rings is 2. The Morgan fingerprint density at radius 1 is 1.03 bits per heavy atom. The van der Waals surface area contributed by atoms with Crippen LogP contribution in [0.5, 0.6) is 0 Å². The van der Waals surface area contributed by atoms with Gasteiger partial charge in [0.05, 0.1) is 0 Å². The van der Waals surface area contributed by atoms with Crippen molar-refractivity contribution in [3.63, 3.8) is 0 Å². The SMILES string of the molecule is O=C(O)CCC(NC(=O)OCC1c2ccccc2-c2ccccc21)C(=O)NN1CCC1. The molecule has 0 bridgehead atoms. The van der Waals surface area contributed by atoms with Gasteiger partial charge in [0.15, 0.2) is 0 Å². The molecule has 1 aliphatic carbocycles. The molecule has 1 atom stereocenters. The third kappa shape index (κ3) is 4.69. The number of fused-ring (bicyclic) bond motifs is 3. The molecule has 8 heteroatoms. The van der Waals surface area contributed by atoms with Crippen molar-refractivity contribution >= 4 is 18.0 Å². The molecule has 2 aliphatic rings. The molecule has 1 fully saturated rings. The Labute approximate surface area is 180 Å². The van der Waals surface area contributed by atoms with Gasteiger partial charge in [-0.1, -0.05) is 48.5 Å². The number of amides is 2. The van der Waals surface area contributed by atoms with Crippen molar-refractivity contribution in [2.75, 3.05) is 19.7 Å². The van der Waals surface area contributed by atoms with Crippen LogP contribution in [0.25, 0.3) is 11.1 Å². The highest BCUT2D eigenvalue weighted by Crippen LogP contribution is 2.44. The Morgan fingerprint density at radius 2 is 1.65 bits per heavy atom. The highest BCUT2D eigenvalue weighted by molar-refractivity contribution is 5.86. The van der Waals surface area contributed by atoms with E-state index in [4.69, 9.17) is 9.84 Å². The maximum absolute atomic E-state index is 12.5. The first-order chi connectivity index (χ1) is 15.0. The molecule has 0 spiro atoms. The van der Waals surface area contributed by atoms with Gasteiger partial charge in [0.25, 0.3) is 5.91 Å². The minimum Gasteiger partial charge on any atom is -0.481 e. The summed E-state index contributed by atoms with van der Waals surface area (Å²) < 4.78 is 5.48. The normalized spacial score (nSPS) is 15.9. The van der Waals surface area contributed by atoms with E-state index in [2.05, 4.69) is 22.9 Å². The van der Waals surface area contributed by atoms with Crippen LogP contribution in [0.2, 0.25) is 0 Å². The number of hydrogen-bond donors (Lipinski definition) is 3. The molecular formula is C23H25N3O5. The summed E-state index contributed by atoms with van der Waals surface area (Å²) in [6.07, 6.45) is -0.00288. The van der Waals surface area contributed by atoms with Crippen molar-refractivity contribution in [3.8, 4) is 11.1 Å². The van der Waals surface area contributed by atoms with Gasteiger partial charge in [0, 0.05) is 25.4 Å². The molecule has 3 N–H and O–H groups in total. The van der Waals surface area contributed by atoms with Crippen LogP contribution in [-0.4, -0.2) is 53.8 Å². The minimum atomic E-state index is -1.03. The number of nitrogens with one attached hydrogen (secondary N) is 2. The summed E-state index contributed by atoms with van der Waals surface area (Å²) in [6.45, 7) is 1.60. The van der Waals surface area contributed by atoms with Gasteiger partial charge in [0.2, 0.25) is 0 Å². The molecule has 2 amide bonds. The van der Waals surface area contributed by atoms with Crippen molar-refractivity contribution < 1.29 is 24.2 Å². The molecule has 31 heavy (non-hydrogen) atoms. The number of ether oxygens (including phenoxy) is 1. The summed E-state index contributed by atoms with van der Waals surface area (Å²) in [5.74, 6) is -1.56. The predicted molar refractivity (Wildman–Crippen MR) is 113 cm³/mol. The molecule has 1 aliphatic heterocycles. The van der Waals surface area contributed by atoms with Crippen LogP contribution in [0.3, 0.4) is 0 Å². The van der Waals surface area contributed by atoms with Gasteiger partial charge in [-0.2, -0.15) is 0 Å². The van der Waals surface area contributed by atoms with Gasteiger partial charge < -0.3 is 15.2 Å². The van der Waals surface area contributed by atoms with Crippen molar-refractivity contribution in [1.29, 1.82) is 0 Å². The van der Waals surface area contributed by atoms with E-state index in [1.165, 1.54) is 0 Å². The van der Waals surface area contributed by atoms with Gasteiger partial charge in [-0.3, -0.25) is 15.0 Å². The second-order valence-corrected chi connectivity index (χ2v) is 7.77. The smallest absolute Gasteiger partial charge is 0.407 e. The number of carbonyl (C=O) groups excluding carboxylic acids is 2. The van der Waals surface area contributed by atoms with E-state index in [1.807, 2.05) is 36.4 Å². The largest absolute Gasteiger partial charge is 0.481 e. The molecule has 162 valence electrons. The Morgan fingerprint density at radius 3 is 2.19 bits per heavy atom. The summed E-state index contributed by atoms with van der Waals surface area (Å²) in [4.78, 5) is 35.9. The van der Waals surface area contributed by atoms with Gasteiger partial charge in [-0.15, -0.1) is 0 Å². The lowest BCUT2D eigenvalue weighted by Crippen LogP contribution is -2.56. The number of hydrazine groups is 1. The van der Waals surface area contributed by atoms with Crippen molar-refractivity contribution in [2.45, 2.75) is 31.2 Å². The number of carboxylic acids is 1. The topological polar surface area (TPSA) is 108 Å². The van der Waals surface area contributed by atoms with Crippen molar-refractivity contribution in [2.24, 2.45) is 0 Å². The molecule has 2 aromatic carbocycles. The predicted octanol–water partition coefficient (Wildman–Crippen LogP) is 2.50. The molecule has 0 radical (unpaired) electrons. The summed E-state index contributed by atoms with van der Waals surface area (Å²) in [5.41, 5.74) is 7.13. The second kappa shape index (κ2) is 9.18. The number of aliphatic carboxylic acids is 1. The van der Waals surface area contributed by atoms with E-state index in [9.17, 15) is 14.4 Å². The van der Waals surface area contributed by atoms with Crippen LogP contribution in [0.4, 0.5) is 4.79 Å². The Hall–Kier alpha value is -3.39. The minimum absolute atomic E-state index is 0.0147. The zero-order chi connectivity index (χ0) is 21.8. The number of hydrogen-bond acceptors (Lipinski definition) is 5. The number of rotatable bonds is 8. The lowest BCUT2D eigenvalue weighted by molar-refractivity contribution is -0.137. The van der Waals surface area contributed by atoms with Crippen LogP contribution < -0.4 is 10.7 Å². The van der Waals surface area contributed by atoms with Gasteiger partial charge >= 0.3 is 12.1 Å². The highest BCUT2D eigenvalue weighted by atomic mass is 16.5. The molecule has 8 nitrogen and oxygen atoms in total. The molecule has 1 unspecified atom stereocenters. The third-order valence-electron chi connectivity index (χ3n) is 5.72. The van der Waals surface area contributed by atoms with E-state index in [1.54, 1.807) is 5.01 Å². The fourth-order valence-electron chi connectivity index (χ4n) is 3.98. The molecule has 4 rings (SSSR count). The van der Waals surface area contributed by atoms with E-state index in [-0.39, 0.29) is 25.4 Å². The zero-order valence-corrected chi connectivity index (χ0v) is 17.0. The van der Waals surface area contributed by atoms with Crippen LogP contribution in [0.1, 0.15) is 36.3 Å². The van der Waals surface area contributed by atoms with Gasteiger partial charge in [-0.25, -0.2) is 9.80 Å². The lowest BCUT2D eigenvalue weighted by atomic mass is 9.98. The van der Waals surface area contributed by atoms with Crippen LogP contribution in [0.15, 0.2) is 48.5 Å². The molecule has 1 heterocycles. The Balaban J connectivity index is 1.40. The summed E-state index contributed by atoms with van der Waals surface area (Å²) in [7, 11) is 0. The summed E-state index contributed by atoms with van der Waals surface area (Å²) >= 11 is 0. The number of alkyl carbamates (subject to hydrolysis) is 1. The maximum atomic E-state index is 12.5. The first-order valence-corrected chi connectivity index (χ1v) is 10.4. The first kappa shape index (κ1) is 20.9. The Kier molecular flexibility index (Phi) is 6.18. The van der Waals surface area contributed by atoms with E-state index < -0.39 is 24.0 Å². The quantitative estimate of drug-likeness (QED) is 0.602. The van der Waals surface area contributed by atoms with Crippen LogP contribution in [0, 0.1) is 0 Å². The van der Waals surface area contributed by atoms with E-state index >= 15 is 0 Å². The van der Waals surface area contributed by atoms with Crippen LogP contribution >= 0.6 is 0 Å². The zero-order valence-electron chi connectivity index (χ0n) is 17.0. The molecule has 1 saturated heterocycles. The number of carboxylic acid groups (broad SMARTS) is 1. The van der Waals surface area contributed by atoms with E-state index in [0.29, 0.717) is 0 Å². The molecule has 0 aromatic heterocycles. The van der Waals surface area contributed by atoms with Gasteiger partial charge in [0.1, 0.15) is 12.6 Å². The summed E-state index contributed by atoms with van der Waals surface area (Å²) in [6, 6.07) is 15.1. The standard InChI is InChI=1S/C23H25N3O5/c27-21(28)11-10-20(22(29)25-26-12-5-13-26)24-23(30)31-14-19-17-8-3-1-6-15(17)16-7-2-4-9-18(16)19/h1-4,6-9,19-20H,5,10-14H2,(H,24,30)(H,25,29)(H,27,28). The second-order valence-electron chi connectivity index (χ2n) is 7.77. The fraction of sp³-hybridized carbons (Fsp3) is 0.348. The van der Waals surface area contributed by atoms with Crippen molar-refractivity contribution in [1.82, 2.24) is 15.8 Å². The highest BCUT2D eigenvalue weighted by Gasteiger charge is 2.30. The monoisotopic (exact) mass is 423 g/mol. The first-order valence-electron chi connectivity index (χ1n) is 10.4. The molecular weight excluding hydrogens is 398 g/mol. The Bertz CT molecular complexity index is 943. The summed E-state index contributed by atoms with van der Waals surface area (Å²) in [5, 5.41) is 13.2. The van der Waals surface area contributed by atoms with Crippen LogP contribution in [-0.2, 0) is 14.3 Å². The maximum Gasteiger partial charge on any atom is 0.407 e. The number of nitrogens with zero attached hydrogens (tertiary/aromatic N) is 1. The fourth-order valence-corrected chi connectivity index (χ4v) is 3.98. The average molecular weight is 423 g/mol. The van der Waals surface area contributed by atoms with Gasteiger partial charge in [-0.05, 0) is 35.1 Å². The average Bonchev–Trinajstić information content (AvgIpc) is 3.06.